The highest BCUT2D eigenvalue weighted by molar-refractivity contribution is 5.94. The molecule has 1 aliphatic rings. The van der Waals surface area contributed by atoms with E-state index >= 15 is 0 Å². The average Bonchev–Trinajstić information content (AvgIpc) is 2.50. The molecular weight excluding hydrogens is 270 g/mol. The minimum absolute atomic E-state index is 0.163. The number of rotatable bonds is 2. The maximum Gasteiger partial charge on any atom is 0.265 e. The molecule has 1 aliphatic heterocycles. The van der Waals surface area contributed by atoms with Gasteiger partial charge >= 0.3 is 0 Å². The van der Waals surface area contributed by atoms with E-state index in [-0.39, 0.29) is 12.5 Å². The third kappa shape index (κ3) is 2.65. The van der Waals surface area contributed by atoms with Gasteiger partial charge in [-0.25, -0.2) is 4.68 Å². The van der Waals surface area contributed by atoms with E-state index in [4.69, 9.17) is 0 Å². The Morgan fingerprint density at radius 1 is 1.14 bits per heavy atom. The topological polar surface area (TPSA) is 75.2 Å². The van der Waals surface area contributed by atoms with Crippen LogP contribution in [0.25, 0.3) is 0 Å². The zero-order valence-corrected chi connectivity index (χ0v) is 11.4. The fraction of sp³-hybridized carbons (Fsp3) is 0.267. The lowest BCUT2D eigenvalue weighted by molar-refractivity contribution is -0.119. The molecule has 0 atom stereocenters. The van der Waals surface area contributed by atoms with Gasteiger partial charge in [0.25, 0.3) is 11.1 Å². The number of fused-ring (bicyclic) bond motifs is 1. The zero-order chi connectivity index (χ0) is 14.8. The SMILES string of the molecule is O=C(Cn1[nH]c(=O)ccc1=O)N1CCCc2ccccc21. The Morgan fingerprint density at radius 3 is 2.81 bits per heavy atom. The smallest absolute Gasteiger partial charge is 0.265 e. The molecule has 0 unspecified atom stereocenters. The number of carbonyl (C=O) groups is 1. The van der Waals surface area contributed by atoms with Crippen molar-refractivity contribution >= 4 is 11.6 Å². The number of benzene rings is 1. The van der Waals surface area contributed by atoms with Crippen LogP contribution in [-0.4, -0.2) is 22.2 Å². The number of nitrogens with zero attached hydrogens (tertiary/aromatic N) is 2. The molecule has 0 spiro atoms. The molecule has 1 N–H and O–H groups in total. The van der Waals surface area contributed by atoms with Gasteiger partial charge in [0.2, 0.25) is 5.91 Å². The Balaban J connectivity index is 1.89. The van der Waals surface area contributed by atoms with Gasteiger partial charge in [0, 0.05) is 24.4 Å². The first-order chi connectivity index (χ1) is 10.1. The second-order valence-electron chi connectivity index (χ2n) is 5.01. The van der Waals surface area contributed by atoms with Crippen molar-refractivity contribution in [2.75, 3.05) is 11.4 Å². The molecule has 0 aliphatic carbocycles. The van der Waals surface area contributed by atoms with Gasteiger partial charge in [-0.2, -0.15) is 0 Å². The summed E-state index contributed by atoms with van der Waals surface area (Å²) in [4.78, 5) is 37.0. The lowest BCUT2D eigenvalue weighted by Gasteiger charge is -2.29. The quantitative estimate of drug-likeness (QED) is 0.874. The zero-order valence-electron chi connectivity index (χ0n) is 11.4. The fourth-order valence-electron chi connectivity index (χ4n) is 2.59. The van der Waals surface area contributed by atoms with E-state index in [2.05, 4.69) is 5.10 Å². The van der Waals surface area contributed by atoms with E-state index < -0.39 is 11.1 Å². The summed E-state index contributed by atoms with van der Waals surface area (Å²) in [5, 5.41) is 2.37. The maximum absolute atomic E-state index is 12.4. The number of hydrogen-bond donors (Lipinski definition) is 1. The van der Waals surface area contributed by atoms with Crippen LogP contribution in [0.5, 0.6) is 0 Å². The monoisotopic (exact) mass is 285 g/mol. The molecule has 1 aromatic carbocycles. The van der Waals surface area contributed by atoms with Crippen molar-refractivity contribution in [2.45, 2.75) is 19.4 Å². The second kappa shape index (κ2) is 5.40. The van der Waals surface area contributed by atoms with E-state index in [1.54, 1.807) is 4.90 Å². The Kier molecular flexibility index (Phi) is 3.43. The van der Waals surface area contributed by atoms with Crippen LogP contribution in [0, 0.1) is 0 Å². The predicted molar refractivity (Wildman–Crippen MR) is 78.4 cm³/mol. The summed E-state index contributed by atoms with van der Waals surface area (Å²) in [7, 11) is 0. The lowest BCUT2D eigenvalue weighted by atomic mass is 10.0. The lowest BCUT2D eigenvalue weighted by Crippen LogP contribution is -2.41. The number of carbonyl (C=O) groups excluding carboxylic acids is 1. The van der Waals surface area contributed by atoms with E-state index in [0.717, 1.165) is 40.9 Å². The van der Waals surface area contributed by atoms with Gasteiger partial charge in [0.05, 0.1) is 0 Å². The number of anilines is 1. The van der Waals surface area contributed by atoms with E-state index in [9.17, 15) is 14.4 Å². The summed E-state index contributed by atoms with van der Waals surface area (Å²) in [6, 6.07) is 10.1. The molecule has 0 saturated carbocycles. The highest BCUT2D eigenvalue weighted by Gasteiger charge is 2.22. The third-order valence-electron chi connectivity index (χ3n) is 3.59. The number of amides is 1. The van der Waals surface area contributed by atoms with Gasteiger partial charge < -0.3 is 4.90 Å². The van der Waals surface area contributed by atoms with E-state index in [1.807, 2.05) is 24.3 Å². The Hall–Kier alpha value is -2.63. The molecule has 1 amide bonds. The predicted octanol–water partition coefficient (Wildman–Crippen LogP) is 0.516. The number of H-pyrrole nitrogens is 1. The molecule has 108 valence electrons. The Labute approximate surface area is 120 Å². The number of nitrogens with one attached hydrogen (secondary N) is 1. The van der Waals surface area contributed by atoms with Crippen LogP contribution >= 0.6 is 0 Å². The molecule has 3 rings (SSSR count). The molecule has 1 aromatic heterocycles. The molecule has 0 bridgehead atoms. The molecule has 21 heavy (non-hydrogen) atoms. The number of para-hydroxylation sites is 1. The maximum atomic E-state index is 12.4. The van der Waals surface area contributed by atoms with Crippen molar-refractivity contribution in [1.29, 1.82) is 0 Å². The highest BCUT2D eigenvalue weighted by atomic mass is 16.2. The van der Waals surface area contributed by atoms with Crippen LogP contribution in [0.15, 0.2) is 46.0 Å². The first kappa shape index (κ1) is 13.4. The Bertz CT molecular complexity index is 791. The number of aromatic nitrogens is 2. The van der Waals surface area contributed by atoms with Gasteiger partial charge in [-0.05, 0) is 24.5 Å². The van der Waals surface area contributed by atoms with Crippen molar-refractivity contribution < 1.29 is 4.79 Å². The standard InChI is InChI=1S/C15H15N3O3/c19-13-7-8-14(20)18(16-13)10-15(21)17-9-3-5-11-4-1-2-6-12(11)17/h1-2,4,6-8H,3,5,9-10H2,(H,16,19). The summed E-state index contributed by atoms with van der Waals surface area (Å²) in [6.45, 7) is 0.463. The normalized spacial score (nSPS) is 13.8. The summed E-state index contributed by atoms with van der Waals surface area (Å²) >= 11 is 0. The Morgan fingerprint density at radius 2 is 1.95 bits per heavy atom. The largest absolute Gasteiger partial charge is 0.311 e. The van der Waals surface area contributed by atoms with E-state index in [0.29, 0.717) is 6.54 Å². The molecule has 0 saturated heterocycles. The number of hydrogen-bond acceptors (Lipinski definition) is 3. The summed E-state index contributed by atoms with van der Waals surface area (Å²) in [5.74, 6) is -0.203. The summed E-state index contributed by atoms with van der Waals surface area (Å²) < 4.78 is 1.04. The number of aromatic amines is 1. The van der Waals surface area contributed by atoms with Crippen molar-refractivity contribution in [2.24, 2.45) is 0 Å². The van der Waals surface area contributed by atoms with Gasteiger partial charge in [0.15, 0.2) is 0 Å². The van der Waals surface area contributed by atoms with Crippen molar-refractivity contribution in [3.8, 4) is 0 Å². The third-order valence-corrected chi connectivity index (χ3v) is 3.59. The first-order valence-electron chi connectivity index (χ1n) is 6.83. The molecule has 0 fully saturated rings. The van der Waals surface area contributed by atoms with Crippen LogP contribution in [0.3, 0.4) is 0 Å². The van der Waals surface area contributed by atoms with Crippen molar-refractivity contribution in [3.63, 3.8) is 0 Å². The van der Waals surface area contributed by atoms with E-state index in [1.165, 1.54) is 0 Å². The highest BCUT2D eigenvalue weighted by Crippen LogP contribution is 2.26. The van der Waals surface area contributed by atoms with Crippen molar-refractivity contribution in [3.05, 3.63) is 62.7 Å². The van der Waals surface area contributed by atoms with Crippen LogP contribution < -0.4 is 16.0 Å². The molecule has 2 heterocycles. The first-order valence-corrected chi connectivity index (χ1v) is 6.83. The number of aryl methyl sites for hydroxylation is 1. The molecule has 6 nitrogen and oxygen atoms in total. The summed E-state index contributed by atoms with van der Waals surface area (Å²) in [6.07, 6.45) is 1.84. The van der Waals surface area contributed by atoms with Gasteiger partial charge in [-0.3, -0.25) is 19.5 Å². The fourth-order valence-corrected chi connectivity index (χ4v) is 2.59. The summed E-state index contributed by atoms with van der Waals surface area (Å²) in [5.41, 5.74) is 1.22. The molecule has 6 heteroatoms. The van der Waals surface area contributed by atoms with Crippen molar-refractivity contribution in [1.82, 2.24) is 9.78 Å². The second-order valence-corrected chi connectivity index (χ2v) is 5.01. The molecule has 0 radical (unpaired) electrons. The molecular formula is C15H15N3O3. The van der Waals surface area contributed by atoms with Crippen LogP contribution in [-0.2, 0) is 17.8 Å². The average molecular weight is 285 g/mol. The minimum Gasteiger partial charge on any atom is -0.311 e. The minimum atomic E-state index is -0.401. The molecule has 2 aromatic rings. The van der Waals surface area contributed by atoms with Crippen LogP contribution in [0.2, 0.25) is 0 Å². The van der Waals surface area contributed by atoms with Gasteiger partial charge in [-0.1, -0.05) is 18.2 Å². The van der Waals surface area contributed by atoms with Crippen LogP contribution in [0.4, 0.5) is 5.69 Å². The van der Waals surface area contributed by atoms with Crippen LogP contribution in [0.1, 0.15) is 12.0 Å². The van der Waals surface area contributed by atoms with Gasteiger partial charge in [-0.15, -0.1) is 0 Å². The van der Waals surface area contributed by atoms with Gasteiger partial charge in [0.1, 0.15) is 6.54 Å².